The van der Waals surface area contributed by atoms with Gasteiger partial charge in [-0.3, -0.25) is 0 Å². The van der Waals surface area contributed by atoms with Crippen LogP contribution >= 0.6 is 11.6 Å². The van der Waals surface area contributed by atoms with Gasteiger partial charge in [-0.25, -0.2) is 0 Å². The molecule has 92 valence electrons. The van der Waals surface area contributed by atoms with Crippen molar-refractivity contribution in [2.45, 2.75) is 45.6 Å². The van der Waals surface area contributed by atoms with Crippen LogP contribution in [-0.4, -0.2) is 6.04 Å². The van der Waals surface area contributed by atoms with E-state index in [0.29, 0.717) is 16.6 Å². The minimum atomic E-state index is 0.436. The molecule has 2 nitrogen and oxygen atoms in total. The van der Waals surface area contributed by atoms with E-state index in [1.807, 2.05) is 12.1 Å². The third kappa shape index (κ3) is 4.66. The number of hydrogen-bond acceptors (Lipinski definition) is 2. The summed E-state index contributed by atoms with van der Waals surface area (Å²) >= 11 is 5.98. The Kier molecular flexibility index (Phi) is 5.86. The van der Waals surface area contributed by atoms with Crippen molar-refractivity contribution in [1.82, 2.24) is 0 Å². The lowest BCUT2D eigenvalue weighted by atomic mass is 10.1. The number of rotatable bonds is 6. The number of unbranched alkanes of at least 4 members (excludes halogenated alkanes) is 2. The average molecular weight is 251 g/mol. The maximum Gasteiger partial charge on any atom is 0.101 e. The van der Waals surface area contributed by atoms with Crippen molar-refractivity contribution in [1.29, 1.82) is 5.26 Å². The monoisotopic (exact) mass is 250 g/mol. The van der Waals surface area contributed by atoms with E-state index in [1.54, 1.807) is 6.07 Å². The molecule has 1 rings (SSSR count). The van der Waals surface area contributed by atoms with Crippen LogP contribution in [0.15, 0.2) is 18.2 Å². The fraction of sp³-hybridized carbons (Fsp3) is 0.500. The van der Waals surface area contributed by atoms with E-state index in [2.05, 4.69) is 25.2 Å². The summed E-state index contributed by atoms with van der Waals surface area (Å²) < 4.78 is 0. The highest BCUT2D eigenvalue weighted by Crippen LogP contribution is 2.21. The van der Waals surface area contributed by atoms with Gasteiger partial charge in [-0.1, -0.05) is 37.8 Å². The highest BCUT2D eigenvalue weighted by atomic mass is 35.5. The van der Waals surface area contributed by atoms with Crippen LogP contribution < -0.4 is 5.32 Å². The summed E-state index contributed by atoms with van der Waals surface area (Å²) in [5.74, 6) is 0. The molecule has 0 amide bonds. The van der Waals surface area contributed by atoms with Crippen LogP contribution in [0.4, 0.5) is 5.69 Å². The van der Waals surface area contributed by atoms with Crippen molar-refractivity contribution in [3.63, 3.8) is 0 Å². The summed E-state index contributed by atoms with van der Waals surface area (Å²) in [5, 5.41) is 12.7. The third-order valence-corrected chi connectivity index (χ3v) is 3.06. The maximum atomic E-state index is 8.78. The van der Waals surface area contributed by atoms with Gasteiger partial charge in [-0.15, -0.1) is 0 Å². The van der Waals surface area contributed by atoms with Gasteiger partial charge in [0, 0.05) is 11.7 Å². The number of nitrogens with one attached hydrogen (secondary N) is 1. The van der Waals surface area contributed by atoms with Crippen LogP contribution in [-0.2, 0) is 0 Å². The molecule has 3 heteroatoms. The summed E-state index contributed by atoms with van der Waals surface area (Å²) in [7, 11) is 0. The molecule has 0 saturated carbocycles. The van der Waals surface area contributed by atoms with Crippen molar-refractivity contribution in [2.24, 2.45) is 0 Å². The molecular formula is C14H19ClN2. The van der Waals surface area contributed by atoms with Crippen LogP contribution in [0, 0.1) is 11.3 Å². The molecule has 1 unspecified atom stereocenters. The summed E-state index contributed by atoms with van der Waals surface area (Å²) in [6, 6.07) is 7.97. The number of benzene rings is 1. The Balaban J connectivity index is 2.51. The number of nitriles is 1. The summed E-state index contributed by atoms with van der Waals surface area (Å²) in [5.41, 5.74) is 1.51. The summed E-state index contributed by atoms with van der Waals surface area (Å²) in [6.45, 7) is 4.38. The Morgan fingerprint density at radius 3 is 2.76 bits per heavy atom. The third-order valence-electron chi connectivity index (χ3n) is 2.74. The van der Waals surface area contributed by atoms with Crippen LogP contribution in [0.1, 0.15) is 45.1 Å². The van der Waals surface area contributed by atoms with Crippen molar-refractivity contribution >= 4 is 17.3 Å². The second-order valence-electron chi connectivity index (χ2n) is 4.35. The average Bonchev–Trinajstić information content (AvgIpc) is 2.29. The number of halogens is 1. The Morgan fingerprint density at radius 2 is 2.18 bits per heavy atom. The molecule has 1 N–H and O–H groups in total. The molecule has 17 heavy (non-hydrogen) atoms. The van der Waals surface area contributed by atoms with Gasteiger partial charge in [0.05, 0.1) is 10.6 Å². The number of anilines is 1. The molecule has 1 aromatic rings. The summed E-state index contributed by atoms with van der Waals surface area (Å²) in [4.78, 5) is 0. The van der Waals surface area contributed by atoms with Gasteiger partial charge >= 0.3 is 0 Å². The summed E-state index contributed by atoms with van der Waals surface area (Å²) in [6.07, 6.45) is 4.93. The molecule has 0 aliphatic rings. The van der Waals surface area contributed by atoms with Crippen molar-refractivity contribution in [2.75, 3.05) is 5.32 Å². The molecule has 0 aromatic heterocycles. The van der Waals surface area contributed by atoms with Crippen molar-refractivity contribution in [3.05, 3.63) is 28.8 Å². The fourth-order valence-corrected chi connectivity index (χ4v) is 1.98. The molecule has 0 heterocycles. The Morgan fingerprint density at radius 1 is 1.41 bits per heavy atom. The number of hydrogen-bond donors (Lipinski definition) is 1. The van der Waals surface area contributed by atoms with Gasteiger partial charge in [0.15, 0.2) is 0 Å². The fourth-order valence-electron chi connectivity index (χ4n) is 1.75. The first-order valence-corrected chi connectivity index (χ1v) is 6.51. The van der Waals surface area contributed by atoms with Gasteiger partial charge < -0.3 is 5.32 Å². The van der Waals surface area contributed by atoms with Crippen molar-refractivity contribution < 1.29 is 0 Å². The van der Waals surface area contributed by atoms with Crippen LogP contribution in [0.3, 0.4) is 0 Å². The quantitative estimate of drug-likeness (QED) is 0.750. The zero-order chi connectivity index (χ0) is 12.7. The van der Waals surface area contributed by atoms with Gasteiger partial charge in [0.25, 0.3) is 0 Å². The predicted octanol–water partition coefficient (Wildman–Crippen LogP) is 4.59. The Hall–Kier alpha value is -1.20. The van der Waals surface area contributed by atoms with Gasteiger partial charge in [-0.05, 0) is 31.5 Å². The largest absolute Gasteiger partial charge is 0.383 e. The topological polar surface area (TPSA) is 35.8 Å². The minimum Gasteiger partial charge on any atom is -0.383 e. The smallest absolute Gasteiger partial charge is 0.101 e. The second-order valence-corrected chi connectivity index (χ2v) is 4.75. The van der Waals surface area contributed by atoms with E-state index in [0.717, 1.165) is 12.1 Å². The van der Waals surface area contributed by atoms with Gasteiger partial charge in [0.1, 0.15) is 6.07 Å². The van der Waals surface area contributed by atoms with E-state index >= 15 is 0 Å². The molecule has 0 fully saturated rings. The molecular weight excluding hydrogens is 232 g/mol. The van der Waals surface area contributed by atoms with Gasteiger partial charge in [0.2, 0.25) is 0 Å². The van der Waals surface area contributed by atoms with E-state index < -0.39 is 0 Å². The lowest BCUT2D eigenvalue weighted by Gasteiger charge is -2.15. The lowest BCUT2D eigenvalue weighted by molar-refractivity contribution is 0.615. The number of nitrogens with zero attached hydrogens (tertiary/aromatic N) is 1. The van der Waals surface area contributed by atoms with Crippen LogP contribution in [0.5, 0.6) is 0 Å². The first kappa shape index (κ1) is 13.9. The highest BCUT2D eigenvalue weighted by molar-refractivity contribution is 6.32. The predicted molar refractivity (Wildman–Crippen MR) is 73.4 cm³/mol. The first-order valence-electron chi connectivity index (χ1n) is 6.13. The van der Waals surface area contributed by atoms with E-state index in [-0.39, 0.29) is 0 Å². The zero-order valence-corrected chi connectivity index (χ0v) is 11.2. The van der Waals surface area contributed by atoms with E-state index in [1.165, 1.54) is 19.3 Å². The second kappa shape index (κ2) is 7.19. The standard InChI is InChI=1S/C14H19ClN2/c1-3-4-5-6-11(2)17-13-8-7-12(10-16)14(15)9-13/h7-9,11,17H,3-6H2,1-2H3. The normalized spacial score (nSPS) is 11.9. The lowest BCUT2D eigenvalue weighted by Crippen LogP contribution is -2.14. The van der Waals surface area contributed by atoms with Crippen LogP contribution in [0.25, 0.3) is 0 Å². The van der Waals surface area contributed by atoms with Gasteiger partial charge in [-0.2, -0.15) is 5.26 Å². The molecule has 0 spiro atoms. The highest BCUT2D eigenvalue weighted by Gasteiger charge is 2.04. The molecule has 1 atom stereocenters. The van der Waals surface area contributed by atoms with Crippen LogP contribution in [0.2, 0.25) is 5.02 Å². The zero-order valence-electron chi connectivity index (χ0n) is 10.5. The molecule has 0 saturated heterocycles. The molecule has 0 bridgehead atoms. The molecule has 1 aromatic carbocycles. The minimum absolute atomic E-state index is 0.436. The van der Waals surface area contributed by atoms with E-state index in [9.17, 15) is 0 Å². The molecule has 0 aliphatic carbocycles. The van der Waals surface area contributed by atoms with Crippen molar-refractivity contribution in [3.8, 4) is 6.07 Å². The maximum absolute atomic E-state index is 8.78. The van der Waals surface area contributed by atoms with E-state index in [4.69, 9.17) is 16.9 Å². The molecule has 0 radical (unpaired) electrons. The Labute approximate surface area is 109 Å². The molecule has 0 aliphatic heterocycles. The SMILES string of the molecule is CCCCCC(C)Nc1ccc(C#N)c(Cl)c1. The Bertz CT molecular complexity index is 396. The first-order chi connectivity index (χ1) is 8.17.